The zero-order valence-corrected chi connectivity index (χ0v) is 15.9. The van der Waals surface area contributed by atoms with E-state index in [0.717, 1.165) is 48.8 Å². The fourth-order valence-electron chi connectivity index (χ4n) is 3.33. The topological polar surface area (TPSA) is 61.4 Å². The normalized spacial score (nSPS) is 14.7. The Morgan fingerprint density at radius 1 is 0.929 bits per heavy atom. The van der Waals surface area contributed by atoms with E-state index < -0.39 is 0 Å². The Labute approximate surface area is 164 Å². The lowest BCUT2D eigenvalue weighted by Gasteiger charge is -2.33. The van der Waals surface area contributed by atoms with Crippen molar-refractivity contribution in [1.29, 1.82) is 0 Å². The van der Waals surface area contributed by atoms with Crippen LogP contribution in [0.5, 0.6) is 0 Å². The average molecular weight is 373 g/mol. The minimum absolute atomic E-state index is 0.235. The lowest BCUT2D eigenvalue weighted by molar-refractivity contribution is 0.102. The van der Waals surface area contributed by atoms with E-state index in [0.29, 0.717) is 5.69 Å². The highest BCUT2D eigenvalue weighted by Crippen LogP contribution is 2.28. The predicted molar refractivity (Wildman–Crippen MR) is 112 cm³/mol. The highest BCUT2D eigenvalue weighted by atomic mass is 16.1. The summed E-state index contributed by atoms with van der Waals surface area (Å²) in [5, 5.41) is 3.01. The summed E-state index contributed by atoms with van der Waals surface area (Å²) in [4.78, 5) is 25.9. The minimum Gasteiger partial charge on any atom is -0.354 e. The zero-order chi connectivity index (χ0) is 19.3. The van der Waals surface area contributed by atoms with Crippen LogP contribution in [0.15, 0.2) is 67.0 Å². The predicted octanol–water partition coefficient (Wildman–Crippen LogP) is 3.15. The molecule has 2 aromatic carbocycles. The first-order chi connectivity index (χ1) is 13.7. The molecule has 1 saturated heterocycles. The molecule has 2 heterocycles. The third-order valence-corrected chi connectivity index (χ3v) is 4.97. The van der Waals surface area contributed by atoms with Crippen LogP contribution in [0.25, 0.3) is 11.1 Å². The smallest absolute Gasteiger partial charge is 0.274 e. The van der Waals surface area contributed by atoms with Crippen molar-refractivity contribution in [2.45, 2.75) is 0 Å². The van der Waals surface area contributed by atoms with Gasteiger partial charge in [-0.2, -0.15) is 0 Å². The van der Waals surface area contributed by atoms with Gasteiger partial charge in [0.2, 0.25) is 0 Å². The molecule has 1 aliphatic rings. The van der Waals surface area contributed by atoms with Gasteiger partial charge >= 0.3 is 0 Å². The van der Waals surface area contributed by atoms with Crippen LogP contribution in [-0.2, 0) is 0 Å². The van der Waals surface area contributed by atoms with Gasteiger partial charge < -0.3 is 15.1 Å². The molecular formula is C22H23N5O. The van der Waals surface area contributed by atoms with Crippen LogP contribution in [0, 0.1) is 0 Å². The summed E-state index contributed by atoms with van der Waals surface area (Å²) in [5.74, 6) is 0.561. The van der Waals surface area contributed by atoms with E-state index in [2.05, 4.69) is 32.1 Å². The number of aromatic nitrogens is 2. The van der Waals surface area contributed by atoms with Crippen molar-refractivity contribution in [2.24, 2.45) is 0 Å². The fraction of sp³-hybridized carbons (Fsp3) is 0.227. The monoisotopic (exact) mass is 373 g/mol. The minimum atomic E-state index is -0.235. The van der Waals surface area contributed by atoms with Crippen molar-refractivity contribution < 1.29 is 4.79 Å². The van der Waals surface area contributed by atoms with Crippen LogP contribution in [-0.4, -0.2) is 54.0 Å². The average Bonchev–Trinajstić information content (AvgIpc) is 2.75. The molecule has 142 valence electrons. The lowest BCUT2D eigenvalue weighted by atomic mass is 10.0. The summed E-state index contributed by atoms with van der Waals surface area (Å²) >= 11 is 0. The number of anilines is 2. The first-order valence-electron chi connectivity index (χ1n) is 9.42. The van der Waals surface area contributed by atoms with Crippen LogP contribution in [0.1, 0.15) is 10.5 Å². The number of piperazine rings is 1. The van der Waals surface area contributed by atoms with Crippen LogP contribution in [0.2, 0.25) is 0 Å². The maximum atomic E-state index is 12.9. The molecule has 1 fully saturated rings. The second kappa shape index (κ2) is 8.19. The maximum Gasteiger partial charge on any atom is 0.274 e. The Hall–Kier alpha value is -3.25. The largest absolute Gasteiger partial charge is 0.354 e. The fourth-order valence-corrected chi connectivity index (χ4v) is 3.33. The molecule has 1 aliphatic heterocycles. The Morgan fingerprint density at radius 3 is 2.43 bits per heavy atom. The second-order valence-corrected chi connectivity index (χ2v) is 6.92. The molecule has 28 heavy (non-hydrogen) atoms. The molecule has 6 nitrogen and oxygen atoms in total. The molecule has 0 unspecified atom stereocenters. The molecule has 0 spiro atoms. The molecule has 0 bridgehead atoms. The lowest BCUT2D eigenvalue weighted by Crippen LogP contribution is -2.44. The summed E-state index contributed by atoms with van der Waals surface area (Å²) in [7, 11) is 2.11. The first kappa shape index (κ1) is 18.1. The van der Waals surface area contributed by atoms with Gasteiger partial charge in [0.15, 0.2) is 0 Å². The van der Waals surface area contributed by atoms with Crippen molar-refractivity contribution in [2.75, 3.05) is 43.4 Å². The summed E-state index contributed by atoms with van der Waals surface area (Å²) < 4.78 is 0. The van der Waals surface area contributed by atoms with Gasteiger partial charge in [-0.15, -0.1) is 0 Å². The van der Waals surface area contributed by atoms with Gasteiger partial charge in [-0.3, -0.25) is 4.79 Å². The second-order valence-electron chi connectivity index (χ2n) is 6.92. The van der Waals surface area contributed by atoms with Crippen molar-refractivity contribution in [3.63, 3.8) is 0 Å². The Kier molecular flexibility index (Phi) is 5.30. The number of hydrogen-bond acceptors (Lipinski definition) is 5. The van der Waals surface area contributed by atoms with E-state index in [4.69, 9.17) is 0 Å². The highest BCUT2D eigenvalue weighted by molar-refractivity contribution is 6.05. The third kappa shape index (κ3) is 4.02. The van der Waals surface area contributed by atoms with Crippen LogP contribution in [0.4, 0.5) is 11.5 Å². The van der Waals surface area contributed by atoms with Gasteiger partial charge in [0.05, 0.1) is 0 Å². The number of carbonyl (C=O) groups excluding carboxylic acids is 1. The van der Waals surface area contributed by atoms with Gasteiger partial charge in [0.25, 0.3) is 5.91 Å². The van der Waals surface area contributed by atoms with Crippen molar-refractivity contribution in [3.05, 3.63) is 72.7 Å². The van der Waals surface area contributed by atoms with Gasteiger partial charge in [-0.1, -0.05) is 48.5 Å². The van der Waals surface area contributed by atoms with E-state index >= 15 is 0 Å². The van der Waals surface area contributed by atoms with E-state index in [-0.39, 0.29) is 5.91 Å². The number of benzene rings is 2. The standard InChI is InChI=1S/C22H23N5O/c1-26-11-13-27(14-12-26)21-15-20(23-16-24-21)22(28)25-19-10-6-5-9-18(19)17-7-3-2-4-8-17/h2-10,15-16H,11-14H2,1H3,(H,25,28). The molecular weight excluding hydrogens is 350 g/mol. The molecule has 6 heteroatoms. The van der Waals surface area contributed by atoms with E-state index in [1.807, 2.05) is 54.6 Å². The van der Waals surface area contributed by atoms with E-state index in [1.165, 1.54) is 6.33 Å². The third-order valence-electron chi connectivity index (χ3n) is 4.97. The summed E-state index contributed by atoms with van der Waals surface area (Å²) in [6.45, 7) is 3.75. The number of carbonyl (C=O) groups is 1. The molecule has 1 aromatic heterocycles. The molecule has 0 atom stereocenters. The molecule has 1 N–H and O–H groups in total. The van der Waals surface area contributed by atoms with Crippen molar-refractivity contribution in [3.8, 4) is 11.1 Å². The molecule has 0 aliphatic carbocycles. The Morgan fingerprint density at radius 2 is 1.64 bits per heavy atom. The SMILES string of the molecule is CN1CCN(c2cc(C(=O)Nc3ccccc3-c3ccccc3)ncn2)CC1. The molecule has 1 amide bonds. The van der Waals surface area contributed by atoms with Gasteiger partial charge in [-0.25, -0.2) is 9.97 Å². The van der Waals surface area contributed by atoms with Gasteiger partial charge in [-0.05, 0) is 18.7 Å². The zero-order valence-electron chi connectivity index (χ0n) is 15.9. The van der Waals surface area contributed by atoms with E-state index in [1.54, 1.807) is 6.07 Å². The number of nitrogens with one attached hydrogen (secondary N) is 1. The van der Waals surface area contributed by atoms with Crippen molar-refractivity contribution in [1.82, 2.24) is 14.9 Å². The number of amides is 1. The Balaban J connectivity index is 1.54. The number of nitrogens with zero attached hydrogens (tertiary/aromatic N) is 4. The molecule has 4 rings (SSSR count). The van der Waals surface area contributed by atoms with Gasteiger partial charge in [0, 0.05) is 43.5 Å². The molecule has 3 aromatic rings. The first-order valence-corrected chi connectivity index (χ1v) is 9.42. The van der Waals surface area contributed by atoms with Crippen molar-refractivity contribution >= 4 is 17.4 Å². The summed E-state index contributed by atoms with van der Waals surface area (Å²) in [6.07, 6.45) is 1.46. The molecule has 0 radical (unpaired) electrons. The molecule has 0 saturated carbocycles. The van der Waals surface area contributed by atoms with Gasteiger partial charge in [0.1, 0.15) is 17.8 Å². The van der Waals surface area contributed by atoms with E-state index in [9.17, 15) is 4.79 Å². The Bertz CT molecular complexity index is 952. The summed E-state index contributed by atoms with van der Waals surface area (Å²) in [5.41, 5.74) is 3.16. The maximum absolute atomic E-state index is 12.9. The summed E-state index contributed by atoms with van der Waals surface area (Å²) in [6, 6.07) is 19.6. The quantitative estimate of drug-likeness (QED) is 0.761. The number of likely N-dealkylation sites (N-methyl/N-ethyl adjacent to an activating group) is 1. The van der Waals surface area contributed by atoms with Crippen LogP contribution in [0.3, 0.4) is 0 Å². The number of hydrogen-bond donors (Lipinski definition) is 1. The number of rotatable bonds is 4. The van der Waals surface area contributed by atoms with Crippen LogP contribution >= 0.6 is 0 Å². The van der Waals surface area contributed by atoms with Crippen LogP contribution < -0.4 is 10.2 Å². The number of para-hydroxylation sites is 1. The highest BCUT2D eigenvalue weighted by Gasteiger charge is 2.18.